The highest BCUT2D eigenvalue weighted by Gasteiger charge is 2.47. The summed E-state index contributed by atoms with van der Waals surface area (Å²) < 4.78 is 11.6. The average molecular weight is 760 g/mol. The largest absolute Gasteiger partial charge is 0.444 e. The van der Waals surface area contributed by atoms with Crippen LogP contribution >= 0.6 is 0 Å². The van der Waals surface area contributed by atoms with Gasteiger partial charge in [-0.25, -0.2) is 19.6 Å². The van der Waals surface area contributed by atoms with Crippen molar-refractivity contribution < 1.29 is 43.0 Å². The first kappa shape index (κ1) is 45.4. The van der Waals surface area contributed by atoms with Crippen LogP contribution in [-0.2, 0) is 33.4 Å². The fraction of sp³-hybridized carbons (Fsp3) is 0.658. The topological polar surface area (TPSA) is 196 Å². The smallest absolute Gasteiger partial charge is 0.408 e. The van der Waals surface area contributed by atoms with Gasteiger partial charge in [0.05, 0.1) is 18.2 Å². The highest BCUT2D eigenvalue weighted by atomic mass is 16.6. The molecule has 7 amide bonds. The summed E-state index contributed by atoms with van der Waals surface area (Å²) >= 11 is 0. The zero-order valence-electron chi connectivity index (χ0n) is 34.0. The number of ketones is 1. The molecular formula is C38H61N7O9. The van der Waals surface area contributed by atoms with E-state index < -0.39 is 89.1 Å². The van der Waals surface area contributed by atoms with E-state index in [-0.39, 0.29) is 19.4 Å². The third-order valence-corrected chi connectivity index (χ3v) is 8.07. The number of alkyl carbamates (subject to hydrolysis) is 1. The number of rotatable bonds is 14. The van der Waals surface area contributed by atoms with Crippen molar-refractivity contribution in [1.82, 2.24) is 36.2 Å². The minimum Gasteiger partial charge on any atom is -0.444 e. The predicted octanol–water partition coefficient (Wildman–Crippen LogP) is 3.42. The molecule has 1 aromatic carbocycles. The van der Waals surface area contributed by atoms with E-state index >= 15 is 0 Å². The number of amides is 7. The van der Waals surface area contributed by atoms with Gasteiger partial charge in [-0.05, 0) is 58.9 Å². The molecule has 0 spiro atoms. The first-order valence-electron chi connectivity index (χ1n) is 18.3. The van der Waals surface area contributed by atoms with Gasteiger partial charge in [0.25, 0.3) is 11.8 Å². The lowest BCUT2D eigenvalue weighted by Crippen LogP contribution is -2.62. The molecule has 16 heteroatoms. The second kappa shape index (κ2) is 19.0. The number of benzene rings is 1. The minimum absolute atomic E-state index is 0.0546. The Bertz CT molecular complexity index is 1500. The van der Waals surface area contributed by atoms with Gasteiger partial charge in [-0.3, -0.25) is 24.0 Å². The average Bonchev–Trinajstić information content (AvgIpc) is 3.46. The van der Waals surface area contributed by atoms with Crippen molar-refractivity contribution in [2.45, 2.75) is 130 Å². The monoisotopic (exact) mass is 759 g/mol. The van der Waals surface area contributed by atoms with E-state index in [0.717, 1.165) is 5.01 Å². The molecular weight excluding hydrogens is 698 g/mol. The zero-order valence-corrected chi connectivity index (χ0v) is 34.0. The normalized spacial score (nSPS) is 16.4. The Morgan fingerprint density at radius 2 is 1.48 bits per heavy atom. The summed E-state index contributed by atoms with van der Waals surface area (Å²) in [5, 5.41) is 12.5. The Hall–Kier alpha value is -4.73. The van der Waals surface area contributed by atoms with E-state index in [1.54, 1.807) is 107 Å². The Morgan fingerprint density at radius 1 is 0.870 bits per heavy atom. The van der Waals surface area contributed by atoms with Gasteiger partial charge in [0.15, 0.2) is 6.23 Å². The maximum absolute atomic E-state index is 14.2. The van der Waals surface area contributed by atoms with Gasteiger partial charge in [-0.15, -0.1) is 0 Å². The van der Waals surface area contributed by atoms with E-state index in [1.807, 2.05) is 6.92 Å². The summed E-state index contributed by atoms with van der Waals surface area (Å²) in [7, 11) is 3.10. The third-order valence-electron chi connectivity index (χ3n) is 8.07. The Morgan fingerprint density at radius 3 is 2.00 bits per heavy atom. The summed E-state index contributed by atoms with van der Waals surface area (Å²) in [5.41, 5.74) is -1.85. The van der Waals surface area contributed by atoms with Gasteiger partial charge in [-0.2, -0.15) is 0 Å². The molecule has 0 bridgehead atoms. The molecule has 4 N–H and O–H groups in total. The fourth-order valence-corrected chi connectivity index (χ4v) is 5.52. The quantitative estimate of drug-likeness (QED) is 0.206. The molecule has 54 heavy (non-hydrogen) atoms. The maximum Gasteiger partial charge on any atom is 0.408 e. The standard InChI is InChI=1S/C38H61N7O9/c1-13-14-20-25(29(47)31(48)39-23-26(46)41-28(32(49)43(11)12)24-18-16-15-17-19-24)40-34(51)45-27(53-37(5,6)7)21-22-44(45)33(50)30(36(2,3)4)42-35(52)54-38(8,9)10/h15-19,25,27-28,30H,13-14,20-23H2,1-12H3,(H,39,48)(H,40,51)(H,41,46)(H,42,52)/t25-,27-,28?,30+/m0/s1. The molecule has 0 aromatic heterocycles. The van der Waals surface area contributed by atoms with Crippen LogP contribution in [-0.4, -0.2) is 113 Å². The van der Waals surface area contributed by atoms with Crippen LogP contribution in [0.3, 0.4) is 0 Å². The van der Waals surface area contributed by atoms with E-state index in [4.69, 9.17) is 9.47 Å². The van der Waals surface area contributed by atoms with Crippen molar-refractivity contribution in [3.05, 3.63) is 35.9 Å². The third kappa shape index (κ3) is 13.9. The van der Waals surface area contributed by atoms with E-state index in [1.165, 1.54) is 9.91 Å². The van der Waals surface area contributed by atoms with Crippen molar-refractivity contribution >= 4 is 41.5 Å². The number of hydrogen-bond donors (Lipinski definition) is 4. The Kier molecular flexibility index (Phi) is 16.0. The van der Waals surface area contributed by atoms with E-state index in [9.17, 15) is 33.6 Å². The summed E-state index contributed by atoms with van der Waals surface area (Å²) in [5.74, 6) is -3.83. The second-order valence-corrected chi connectivity index (χ2v) is 16.6. The summed E-state index contributed by atoms with van der Waals surface area (Å²) in [4.78, 5) is 94.9. The predicted molar refractivity (Wildman–Crippen MR) is 201 cm³/mol. The molecule has 1 aromatic rings. The van der Waals surface area contributed by atoms with Gasteiger partial charge in [0.1, 0.15) is 17.7 Å². The summed E-state index contributed by atoms with van der Waals surface area (Å²) in [6, 6.07) is 4.25. The molecule has 302 valence electrons. The van der Waals surface area contributed by atoms with Gasteiger partial charge >= 0.3 is 12.1 Å². The van der Waals surface area contributed by atoms with Crippen molar-refractivity contribution in [2.24, 2.45) is 5.41 Å². The number of hydrazine groups is 1. The summed E-state index contributed by atoms with van der Waals surface area (Å²) in [6.45, 7) is 17.1. The number of hydrogen-bond acceptors (Lipinski definition) is 9. The number of unbranched alkanes of at least 4 members (excludes halogenated alkanes) is 1. The van der Waals surface area contributed by atoms with Gasteiger partial charge in [-0.1, -0.05) is 70.9 Å². The second-order valence-electron chi connectivity index (χ2n) is 16.6. The molecule has 1 aliphatic rings. The molecule has 1 heterocycles. The lowest BCUT2D eigenvalue weighted by Gasteiger charge is -2.39. The lowest BCUT2D eigenvalue weighted by molar-refractivity contribution is -0.167. The van der Waals surface area contributed by atoms with Crippen molar-refractivity contribution in [3.8, 4) is 0 Å². The number of carbonyl (C=O) groups excluding carboxylic acids is 7. The molecule has 4 atom stereocenters. The Labute approximate surface area is 319 Å². The van der Waals surface area contributed by atoms with Crippen LogP contribution in [0.4, 0.5) is 9.59 Å². The summed E-state index contributed by atoms with van der Waals surface area (Å²) in [6.07, 6.45) is -0.324. The number of carbonyl (C=O) groups is 7. The molecule has 2 rings (SSSR count). The first-order chi connectivity index (χ1) is 24.9. The molecule has 1 fully saturated rings. The van der Waals surface area contributed by atoms with Crippen LogP contribution in [0.25, 0.3) is 0 Å². The molecule has 0 saturated carbocycles. The highest BCUT2D eigenvalue weighted by molar-refractivity contribution is 6.38. The van der Waals surface area contributed by atoms with Crippen LogP contribution in [0.15, 0.2) is 30.3 Å². The van der Waals surface area contributed by atoms with Crippen LogP contribution in [0.5, 0.6) is 0 Å². The number of urea groups is 1. The highest BCUT2D eigenvalue weighted by Crippen LogP contribution is 2.29. The minimum atomic E-state index is -1.32. The van der Waals surface area contributed by atoms with E-state index in [0.29, 0.717) is 18.4 Å². The molecule has 16 nitrogen and oxygen atoms in total. The van der Waals surface area contributed by atoms with Crippen molar-refractivity contribution in [3.63, 3.8) is 0 Å². The van der Waals surface area contributed by atoms with Crippen LogP contribution in [0.2, 0.25) is 0 Å². The SMILES string of the molecule is CCCC[C@H](NC(=O)N1[C@@H](OC(C)(C)C)CCN1C(=O)[C@@H](NC(=O)OC(C)(C)C)C(C)(C)C)C(=O)C(=O)NCC(=O)NC(C(=O)N(C)C)c1ccccc1. The van der Waals surface area contributed by atoms with Crippen molar-refractivity contribution in [2.75, 3.05) is 27.2 Å². The first-order valence-corrected chi connectivity index (χ1v) is 18.3. The van der Waals surface area contributed by atoms with Crippen LogP contribution in [0, 0.1) is 5.41 Å². The van der Waals surface area contributed by atoms with Crippen molar-refractivity contribution in [1.29, 1.82) is 0 Å². The lowest BCUT2D eigenvalue weighted by atomic mass is 9.86. The van der Waals surface area contributed by atoms with Gasteiger partial charge in [0.2, 0.25) is 17.6 Å². The zero-order chi connectivity index (χ0) is 41.2. The number of nitrogens with zero attached hydrogens (tertiary/aromatic N) is 3. The van der Waals surface area contributed by atoms with Gasteiger partial charge in [0, 0.05) is 27.1 Å². The van der Waals surface area contributed by atoms with Crippen LogP contribution < -0.4 is 21.3 Å². The molecule has 1 unspecified atom stereocenters. The molecule has 1 saturated heterocycles. The van der Waals surface area contributed by atoms with Crippen LogP contribution in [0.1, 0.15) is 107 Å². The maximum atomic E-state index is 14.2. The molecule has 0 radical (unpaired) electrons. The van der Waals surface area contributed by atoms with Gasteiger partial charge < -0.3 is 35.6 Å². The number of Topliss-reactive ketones (excluding diaryl/α,β-unsaturated/α-hetero) is 1. The number of nitrogens with one attached hydrogen (secondary N) is 4. The molecule has 1 aliphatic heterocycles. The molecule has 0 aliphatic carbocycles. The van der Waals surface area contributed by atoms with E-state index in [2.05, 4.69) is 21.3 Å². The fourth-order valence-electron chi connectivity index (χ4n) is 5.52. The number of ether oxygens (including phenoxy) is 2. The Balaban J connectivity index is 2.31. The number of likely N-dealkylation sites (N-methyl/N-ethyl adjacent to an activating group) is 1.